The molecule has 0 saturated carbocycles. The van der Waals surface area contributed by atoms with Crippen molar-refractivity contribution >= 4 is 0 Å². The Labute approximate surface area is 105 Å². The minimum Gasteiger partial charge on any atom is -0.478 e. The van der Waals surface area contributed by atoms with Crippen molar-refractivity contribution in [3.8, 4) is 5.75 Å². The molecular formula is C14H15NO3. The van der Waals surface area contributed by atoms with Gasteiger partial charge in [0.15, 0.2) is 0 Å². The SMILES string of the molecule is OCc1ccc2c(c1)CN(Cc1ccco1)CO2. The number of aliphatic hydroxyl groups is 1. The highest BCUT2D eigenvalue weighted by molar-refractivity contribution is 5.38. The van der Waals surface area contributed by atoms with E-state index in [2.05, 4.69) is 4.90 Å². The van der Waals surface area contributed by atoms with E-state index < -0.39 is 0 Å². The minimum absolute atomic E-state index is 0.0610. The second-order valence-corrected chi connectivity index (χ2v) is 4.44. The van der Waals surface area contributed by atoms with Crippen LogP contribution in [0.3, 0.4) is 0 Å². The number of furan rings is 1. The maximum Gasteiger partial charge on any atom is 0.142 e. The van der Waals surface area contributed by atoms with Crippen molar-refractivity contribution in [3.63, 3.8) is 0 Å². The Kier molecular flexibility index (Phi) is 3.04. The third-order valence-electron chi connectivity index (χ3n) is 3.06. The Balaban J connectivity index is 1.75. The van der Waals surface area contributed by atoms with Gasteiger partial charge in [0.05, 0.1) is 19.4 Å². The monoisotopic (exact) mass is 245 g/mol. The zero-order valence-corrected chi connectivity index (χ0v) is 10.0. The molecule has 4 nitrogen and oxygen atoms in total. The van der Waals surface area contributed by atoms with Gasteiger partial charge in [-0.2, -0.15) is 0 Å². The van der Waals surface area contributed by atoms with Crippen LogP contribution in [0.5, 0.6) is 5.75 Å². The average molecular weight is 245 g/mol. The number of aliphatic hydroxyl groups excluding tert-OH is 1. The van der Waals surface area contributed by atoms with Gasteiger partial charge in [-0.1, -0.05) is 6.07 Å². The van der Waals surface area contributed by atoms with E-state index in [9.17, 15) is 0 Å². The number of rotatable bonds is 3. The maximum absolute atomic E-state index is 9.14. The van der Waals surface area contributed by atoms with Gasteiger partial charge in [-0.3, -0.25) is 4.90 Å². The fraction of sp³-hybridized carbons (Fsp3) is 0.286. The lowest BCUT2D eigenvalue weighted by molar-refractivity contribution is 0.0822. The molecule has 1 N–H and O–H groups in total. The average Bonchev–Trinajstić information content (AvgIpc) is 2.90. The minimum atomic E-state index is 0.0610. The Bertz CT molecular complexity index is 522. The first kappa shape index (κ1) is 11.3. The van der Waals surface area contributed by atoms with Crippen LogP contribution in [-0.2, 0) is 19.7 Å². The first-order valence-electron chi connectivity index (χ1n) is 5.95. The van der Waals surface area contributed by atoms with Crippen LogP contribution < -0.4 is 4.74 Å². The summed E-state index contributed by atoms with van der Waals surface area (Å²) in [5, 5.41) is 9.14. The summed E-state index contributed by atoms with van der Waals surface area (Å²) in [6, 6.07) is 9.65. The van der Waals surface area contributed by atoms with Crippen molar-refractivity contribution in [3.05, 3.63) is 53.5 Å². The zero-order valence-electron chi connectivity index (χ0n) is 10.0. The third-order valence-corrected chi connectivity index (χ3v) is 3.06. The van der Waals surface area contributed by atoms with Gasteiger partial charge in [0.1, 0.15) is 18.2 Å². The highest BCUT2D eigenvalue weighted by Crippen LogP contribution is 2.26. The van der Waals surface area contributed by atoms with Gasteiger partial charge in [0.2, 0.25) is 0 Å². The largest absolute Gasteiger partial charge is 0.478 e. The van der Waals surface area contributed by atoms with E-state index in [1.54, 1.807) is 6.26 Å². The van der Waals surface area contributed by atoms with Crippen molar-refractivity contribution < 1.29 is 14.3 Å². The summed E-state index contributed by atoms with van der Waals surface area (Å²) in [5.41, 5.74) is 2.02. The van der Waals surface area contributed by atoms with Crippen LogP contribution in [0.25, 0.3) is 0 Å². The molecule has 1 aromatic heterocycles. The van der Waals surface area contributed by atoms with E-state index in [0.29, 0.717) is 6.73 Å². The van der Waals surface area contributed by atoms with Crippen molar-refractivity contribution in [2.75, 3.05) is 6.73 Å². The molecule has 4 heteroatoms. The molecule has 0 saturated heterocycles. The fourth-order valence-electron chi connectivity index (χ4n) is 2.17. The summed E-state index contributed by atoms with van der Waals surface area (Å²) in [4.78, 5) is 2.16. The summed E-state index contributed by atoms with van der Waals surface area (Å²) >= 11 is 0. The summed E-state index contributed by atoms with van der Waals surface area (Å²) < 4.78 is 11.0. The fourth-order valence-corrected chi connectivity index (χ4v) is 2.17. The second-order valence-electron chi connectivity index (χ2n) is 4.44. The molecule has 1 aromatic carbocycles. The van der Waals surface area contributed by atoms with Crippen LogP contribution in [0.15, 0.2) is 41.0 Å². The third kappa shape index (κ3) is 2.25. The van der Waals surface area contributed by atoms with Crippen LogP contribution in [0.1, 0.15) is 16.9 Å². The van der Waals surface area contributed by atoms with Crippen LogP contribution in [-0.4, -0.2) is 16.7 Å². The van der Waals surface area contributed by atoms with Crippen molar-refractivity contribution in [2.24, 2.45) is 0 Å². The van der Waals surface area contributed by atoms with Crippen LogP contribution in [0.2, 0.25) is 0 Å². The first-order valence-corrected chi connectivity index (χ1v) is 5.95. The van der Waals surface area contributed by atoms with Crippen LogP contribution >= 0.6 is 0 Å². The van der Waals surface area contributed by atoms with E-state index >= 15 is 0 Å². The van der Waals surface area contributed by atoms with E-state index in [-0.39, 0.29) is 6.61 Å². The summed E-state index contributed by atoms with van der Waals surface area (Å²) in [7, 11) is 0. The number of nitrogens with zero attached hydrogens (tertiary/aromatic N) is 1. The molecule has 2 heterocycles. The van der Waals surface area contributed by atoms with Crippen LogP contribution in [0.4, 0.5) is 0 Å². The molecule has 0 radical (unpaired) electrons. The predicted octanol–water partition coefficient (Wildman–Crippen LogP) is 2.12. The van der Waals surface area contributed by atoms with E-state index in [4.69, 9.17) is 14.3 Å². The van der Waals surface area contributed by atoms with Gasteiger partial charge in [0, 0.05) is 12.1 Å². The normalized spacial score (nSPS) is 15.2. The topological polar surface area (TPSA) is 45.8 Å². The standard InChI is InChI=1S/C14H15NO3/c16-9-11-3-4-14-12(6-11)7-15(10-18-14)8-13-2-1-5-17-13/h1-6,16H,7-10H2. The lowest BCUT2D eigenvalue weighted by Gasteiger charge is -2.28. The first-order chi connectivity index (χ1) is 8.85. The quantitative estimate of drug-likeness (QED) is 0.899. The highest BCUT2D eigenvalue weighted by Gasteiger charge is 2.18. The predicted molar refractivity (Wildman–Crippen MR) is 65.8 cm³/mol. The maximum atomic E-state index is 9.14. The van der Waals surface area contributed by atoms with Gasteiger partial charge in [0.25, 0.3) is 0 Å². The molecule has 1 aliphatic rings. The van der Waals surface area contributed by atoms with Gasteiger partial charge in [-0.25, -0.2) is 0 Å². The van der Waals surface area contributed by atoms with Gasteiger partial charge in [-0.15, -0.1) is 0 Å². The smallest absolute Gasteiger partial charge is 0.142 e. The van der Waals surface area contributed by atoms with Gasteiger partial charge >= 0.3 is 0 Å². The second kappa shape index (κ2) is 4.84. The molecule has 2 aromatic rings. The van der Waals surface area contributed by atoms with E-state index in [1.807, 2.05) is 30.3 Å². The number of fused-ring (bicyclic) bond motifs is 1. The molecule has 1 aliphatic heterocycles. The van der Waals surface area contributed by atoms with Crippen LogP contribution in [0, 0.1) is 0 Å². The summed E-state index contributed by atoms with van der Waals surface area (Å²) in [6.07, 6.45) is 1.68. The van der Waals surface area contributed by atoms with Gasteiger partial charge < -0.3 is 14.3 Å². The Morgan fingerprint density at radius 1 is 1.28 bits per heavy atom. The number of hydrogen-bond donors (Lipinski definition) is 1. The molecule has 0 bridgehead atoms. The molecule has 0 atom stereocenters. The summed E-state index contributed by atoms with van der Waals surface area (Å²) in [6.45, 7) is 2.16. The highest BCUT2D eigenvalue weighted by atomic mass is 16.5. The molecule has 0 amide bonds. The van der Waals surface area contributed by atoms with E-state index in [0.717, 1.165) is 35.7 Å². The number of hydrogen-bond acceptors (Lipinski definition) is 4. The molecule has 0 spiro atoms. The van der Waals surface area contributed by atoms with Crippen molar-refractivity contribution in [1.82, 2.24) is 4.90 Å². The molecule has 18 heavy (non-hydrogen) atoms. The summed E-state index contributed by atoms with van der Waals surface area (Å²) in [5.74, 6) is 1.84. The molecule has 94 valence electrons. The van der Waals surface area contributed by atoms with Crippen molar-refractivity contribution in [1.29, 1.82) is 0 Å². The lowest BCUT2D eigenvalue weighted by atomic mass is 10.1. The number of benzene rings is 1. The zero-order chi connectivity index (χ0) is 12.4. The van der Waals surface area contributed by atoms with Gasteiger partial charge in [-0.05, 0) is 29.8 Å². The van der Waals surface area contributed by atoms with E-state index in [1.165, 1.54) is 0 Å². The molecule has 0 fully saturated rings. The van der Waals surface area contributed by atoms with Crippen molar-refractivity contribution in [2.45, 2.75) is 19.7 Å². The molecular weight excluding hydrogens is 230 g/mol. The Morgan fingerprint density at radius 2 is 2.22 bits per heavy atom. The molecule has 0 aliphatic carbocycles. The molecule has 0 unspecified atom stereocenters. The molecule has 3 rings (SSSR count). The Hall–Kier alpha value is -1.78. The Morgan fingerprint density at radius 3 is 3.00 bits per heavy atom. The lowest BCUT2D eigenvalue weighted by Crippen LogP contribution is -2.31. The number of ether oxygens (including phenoxy) is 1.